The van der Waals surface area contributed by atoms with Crippen molar-refractivity contribution in [1.29, 1.82) is 0 Å². The molecule has 2 aliphatic heterocycles. The van der Waals surface area contributed by atoms with Gasteiger partial charge in [-0.15, -0.1) is 0 Å². The van der Waals surface area contributed by atoms with Crippen LogP contribution in [0, 0.1) is 0 Å². The first-order valence-corrected chi connectivity index (χ1v) is 7.18. The first kappa shape index (κ1) is 13.1. The Bertz CT molecular complexity index is 691. The van der Waals surface area contributed by atoms with E-state index >= 15 is 0 Å². The van der Waals surface area contributed by atoms with Crippen LogP contribution in [0.3, 0.4) is 0 Å². The normalized spacial score (nSPS) is 12.3. The van der Waals surface area contributed by atoms with Gasteiger partial charge in [-0.05, 0) is 12.1 Å². The van der Waals surface area contributed by atoms with Gasteiger partial charge >= 0.3 is 0 Å². The Hall–Kier alpha value is -1.87. The molecule has 0 radical (unpaired) electrons. The van der Waals surface area contributed by atoms with Gasteiger partial charge in [0.15, 0.2) is 0 Å². The first-order chi connectivity index (χ1) is 9.53. The highest BCUT2D eigenvalue weighted by molar-refractivity contribution is 5.96. The van der Waals surface area contributed by atoms with Crippen LogP contribution in [0.1, 0.15) is 6.42 Å². The molecule has 3 rings (SSSR count). The largest absolute Gasteiger partial charge is 0.353 e. The fraction of sp³-hybridized carbons (Fsp3) is 0.353. The van der Waals surface area contributed by atoms with Gasteiger partial charge in [-0.3, -0.25) is 0 Å². The molecule has 0 fully saturated rings. The van der Waals surface area contributed by atoms with Crippen LogP contribution >= 0.6 is 0 Å². The van der Waals surface area contributed by atoms with E-state index in [1.54, 1.807) is 0 Å². The van der Waals surface area contributed by atoms with E-state index in [0.717, 1.165) is 22.2 Å². The maximum absolute atomic E-state index is 4.66. The van der Waals surface area contributed by atoms with Crippen LogP contribution in [0.5, 0.6) is 0 Å². The van der Waals surface area contributed by atoms with Gasteiger partial charge in [0.25, 0.3) is 0 Å². The molecule has 0 saturated heterocycles. The van der Waals surface area contributed by atoms with Crippen molar-refractivity contribution >= 4 is 10.9 Å². The summed E-state index contributed by atoms with van der Waals surface area (Å²) in [4.78, 5) is 4.66. The third kappa shape index (κ3) is 2.68. The predicted molar refractivity (Wildman–Crippen MR) is 83.9 cm³/mol. The Morgan fingerprint density at radius 1 is 1.10 bits per heavy atom. The molecule has 0 atom stereocenters. The number of nitrogens with zero attached hydrogens (tertiary/aromatic N) is 3. The Morgan fingerprint density at radius 3 is 2.70 bits per heavy atom. The average Bonchev–Trinajstić information content (AvgIpc) is 2.75. The van der Waals surface area contributed by atoms with Crippen molar-refractivity contribution in [3.8, 4) is 11.3 Å². The summed E-state index contributed by atoms with van der Waals surface area (Å²) in [6, 6.07) is 10.5. The van der Waals surface area contributed by atoms with Crippen LogP contribution in [0.4, 0.5) is 0 Å². The second-order valence-electron chi connectivity index (χ2n) is 6.48. The molecule has 3 nitrogen and oxygen atoms in total. The van der Waals surface area contributed by atoms with Crippen LogP contribution in [0.25, 0.3) is 22.2 Å². The molecule has 104 valence electrons. The molecular formula is C17H22N3+. The number of aryl methyl sites for hydroxylation is 1. The maximum Gasteiger partial charge on any atom is 0.0797 e. The number of aromatic nitrogens is 2. The minimum Gasteiger partial charge on any atom is -0.353 e. The molecule has 0 amide bonds. The molecule has 0 aliphatic carbocycles. The molecule has 0 spiro atoms. The maximum atomic E-state index is 4.66. The van der Waals surface area contributed by atoms with Crippen LogP contribution in [0.2, 0.25) is 0 Å². The second kappa shape index (κ2) is 4.91. The number of hydrogen-bond acceptors (Lipinski definition) is 1. The Kier molecular flexibility index (Phi) is 3.22. The van der Waals surface area contributed by atoms with Crippen molar-refractivity contribution in [3.63, 3.8) is 0 Å². The highest BCUT2D eigenvalue weighted by Crippen LogP contribution is 2.30. The minimum absolute atomic E-state index is 1.02. The summed E-state index contributed by atoms with van der Waals surface area (Å²) in [7, 11) is 6.72. The lowest BCUT2D eigenvalue weighted by atomic mass is 10.1. The lowest BCUT2D eigenvalue weighted by Crippen LogP contribution is -2.35. The third-order valence-corrected chi connectivity index (χ3v) is 3.68. The number of quaternary nitrogens is 1. The molecule has 0 saturated carbocycles. The molecule has 0 aromatic heterocycles. The standard InChI is InChI=1S/C17H22N3/c1-20(2,3)12-6-10-19-11-9-17-15(13-19)14-7-4-5-8-16(14)18-17/h4-5,7-9,11,13H,6,10,12H2,1-3H3/q+1. The summed E-state index contributed by atoms with van der Waals surface area (Å²) in [5, 5.41) is 1.25. The number of para-hydroxylation sites is 1. The Labute approximate surface area is 120 Å². The zero-order valence-corrected chi connectivity index (χ0v) is 12.5. The number of rotatable bonds is 4. The summed E-state index contributed by atoms with van der Waals surface area (Å²) in [5.74, 6) is 0. The fourth-order valence-corrected chi connectivity index (χ4v) is 2.63. The molecule has 2 heterocycles. The van der Waals surface area contributed by atoms with E-state index in [1.165, 1.54) is 23.9 Å². The van der Waals surface area contributed by atoms with Crippen LogP contribution in [0.15, 0.2) is 42.7 Å². The molecule has 0 N–H and O–H groups in total. The van der Waals surface area contributed by atoms with Crippen molar-refractivity contribution in [2.75, 3.05) is 27.7 Å². The SMILES string of the molecule is C[N+](C)(C)CCCn1ccc2nc3ccccc3c-2c1. The lowest BCUT2D eigenvalue weighted by Gasteiger charge is -2.24. The zero-order valence-electron chi connectivity index (χ0n) is 12.5. The number of pyridine rings is 1. The molecule has 0 unspecified atom stereocenters. The summed E-state index contributed by atoms with van der Waals surface area (Å²) in [6.07, 6.45) is 5.57. The van der Waals surface area contributed by atoms with Crippen LogP contribution in [-0.4, -0.2) is 41.7 Å². The highest BCUT2D eigenvalue weighted by Gasteiger charge is 2.12. The van der Waals surface area contributed by atoms with Crippen molar-refractivity contribution in [1.82, 2.24) is 9.55 Å². The number of fused-ring (bicyclic) bond motifs is 3. The smallest absolute Gasteiger partial charge is 0.0797 e. The number of hydrogen-bond donors (Lipinski definition) is 0. The fourth-order valence-electron chi connectivity index (χ4n) is 2.63. The van der Waals surface area contributed by atoms with Gasteiger partial charge in [0, 0.05) is 36.3 Å². The van der Waals surface area contributed by atoms with E-state index in [4.69, 9.17) is 0 Å². The molecular weight excluding hydrogens is 246 g/mol. The van der Waals surface area contributed by atoms with Crippen molar-refractivity contribution in [2.45, 2.75) is 13.0 Å². The van der Waals surface area contributed by atoms with Crippen LogP contribution < -0.4 is 0 Å². The van der Waals surface area contributed by atoms with Crippen molar-refractivity contribution < 1.29 is 4.48 Å². The highest BCUT2D eigenvalue weighted by atomic mass is 15.3. The number of benzene rings is 1. The molecule has 20 heavy (non-hydrogen) atoms. The molecule has 2 aliphatic rings. The average molecular weight is 268 g/mol. The van der Waals surface area contributed by atoms with Gasteiger partial charge in [0.2, 0.25) is 0 Å². The summed E-state index contributed by atoms with van der Waals surface area (Å²) < 4.78 is 3.30. The van der Waals surface area contributed by atoms with Crippen molar-refractivity contribution in [2.24, 2.45) is 0 Å². The van der Waals surface area contributed by atoms with Gasteiger partial charge in [-0.2, -0.15) is 0 Å². The summed E-state index contributed by atoms with van der Waals surface area (Å²) in [6.45, 7) is 2.25. The lowest BCUT2D eigenvalue weighted by molar-refractivity contribution is -0.870. The van der Waals surface area contributed by atoms with E-state index in [-0.39, 0.29) is 0 Å². The molecule has 1 aromatic rings. The molecule has 3 heteroatoms. The van der Waals surface area contributed by atoms with Gasteiger partial charge in [-0.25, -0.2) is 4.98 Å². The second-order valence-corrected chi connectivity index (χ2v) is 6.48. The monoisotopic (exact) mass is 268 g/mol. The quantitative estimate of drug-likeness (QED) is 0.664. The van der Waals surface area contributed by atoms with Crippen molar-refractivity contribution in [3.05, 3.63) is 42.7 Å². The van der Waals surface area contributed by atoms with E-state index in [1.807, 2.05) is 6.07 Å². The van der Waals surface area contributed by atoms with Gasteiger partial charge in [0.1, 0.15) is 0 Å². The van der Waals surface area contributed by atoms with Gasteiger partial charge < -0.3 is 9.05 Å². The van der Waals surface area contributed by atoms with Gasteiger partial charge in [0.05, 0.1) is 38.9 Å². The van der Waals surface area contributed by atoms with E-state index in [2.05, 4.69) is 67.4 Å². The van der Waals surface area contributed by atoms with Gasteiger partial charge in [-0.1, -0.05) is 18.2 Å². The topological polar surface area (TPSA) is 17.8 Å². The molecule has 1 aromatic carbocycles. The van der Waals surface area contributed by atoms with Crippen LogP contribution in [-0.2, 0) is 6.54 Å². The zero-order chi connectivity index (χ0) is 14.2. The Morgan fingerprint density at radius 2 is 1.90 bits per heavy atom. The van der Waals surface area contributed by atoms with E-state index < -0.39 is 0 Å². The predicted octanol–water partition coefficient (Wildman–Crippen LogP) is 3.24. The third-order valence-electron chi connectivity index (χ3n) is 3.68. The first-order valence-electron chi connectivity index (χ1n) is 7.18. The Balaban J connectivity index is 1.86. The summed E-state index contributed by atoms with van der Waals surface area (Å²) in [5.41, 5.74) is 3.44. The molecule has 0 bridgehead atoms. The minimum atomic E-state index is 1.02. The van der Waals surface area contributed by atoms with E-state index in [0.29, 0.717) is 0 Å². The van der Waals surface area contributed by atoms with E-state index in [9.17, 15) is 0 Å². The summed E-state index contributed by atoms with van der Waals surface area (Å²) >= 11 is 0.